The molecule has 0 bridgehead atoms. The van der Waals surface area contributed by atoms with Gasteiger partial charge in [-0.15, -0.1) is 0 Å². The van der Waals surface area contributed by atoms with Gasteiger partial charge in [0.05, 0.1) is 21.4 Å². The Hall–Kier alpha value is -1.72. The second-order valence-electron chi connectivity index (χ2n) is 4.82. The maximum atomic E-state index is 12.2. The molecule has 2 rings (SSSR count). The highest BCUT2D eigenvalue weighted by atomic mass is 35.5. The van der Waals surface area contributed by atoms with Gasteiger partial charge in [0.25, 0.3) is 5.91 Å². The minimum atomic E-state index is -0.261. The number of hydrogen-bond donors (Lipinski definition) is 2. The molecule has 5 nitrogen and oxygen atoms in total. The molecule has 0 radical (unpaired) electrons. The van der Waals surface area contributed by atoms with Crippen LogP contribution in [-0.4, -0.2) is 15.7 Å². The van der Waals surface area contributed by atoms with Crippen LogP contribution in [0.4, 0.5) is 5.69 Å². The quantitative estimate of drug-likeness (QED) is 0.852. The Morgan fingerprint density at radius 1 is 1.38 bits per heavy atom. The lowest BCUT2D eigenvalue weighted by Crippen LogP contribution is -2.23. The molecule has 0 saturated carbocycles. The maximum absolute atomic E-state index is 12.2. The van der Waals surface area contributed by atoms with Gasteiger partial charge in [0.1, 0.15) is 0 Å². The Morgan fingerprint density at radius 3 is 2.57 bits per heavy atom. The number of rotatable bonds is 3. The lowest BCUT2D eigenvalue weighted by atomic mass is 10.1. The molecule has 112 valence electrons. The summed E-state index contributed by atoms with van der Waals surface area (Å²) >= 11 is 11.8. The second kappa shape index (κ2) is 5.95. The van der Waals surface area contributed by atoms with Gasteiger partial charge in [-0.2, -0.15) is 5.10 Å². The summed E-state index contributed by atoms with van der Waals surface area (Å²) in [6.45, 7) is 4.26. The van der Waals surface area contributed by atoms with Gasteiger partial charge < -0.3 is 11.1 Å². The molecule has 1 heterocycles. The van der Waals surface area contributed by atoms with E-state index in [1.807, 2.05) is 20.9 Å². The SMILES string of the molecule is Cc1nn(C)c(C)c1CNC(=O)c1cc(N)c(Cl)c(Cl)c1. The zero-order chi connectivity index (χ0) is 15.7. The maximum Gasteiger partial charge on any atom is 0.251 e. The molecule has 0 saturated heterocycles. The summed E-state index contributed by atoms with van der Waals surface area (Å²) in [5, 5.41) is 7.66. The number of halogens is 2. The monoisotopic (exact) mass is 326 g/mol. The summed E-state index contributed by atoms with van der Waals surface area (Å²) in [4.78, 5) is 12.2. The van der Waals surface area contributed by atoms with E-state index in [0.29, 0.717) is 12.1 Å². The van der Waals surface area contributed by atoms with Crippen LogP contribution in [0.1, 0.15) is 27.3 Å². The van der Waals surface area contributed by atoms with Crippen LogP contribution >= 0.6 is 23.2 Å². The number of hydrogen-bond acceptors (Lipinski definition) is 3. The van der Waals surface area contributed by atoms with Crippen molar-refractivity contribution in [1.82, 2.24) is 15.1 Å². The van der Waals surface area contributed by atoms with Gasteiger partial charge in [-0.05, 0) is 26.0 Å². The molecule has 0 aliphatic heterocycles. The van der Waals surface area contributed by atoms with Gasteiger partial charge in [-0.25, -0.2) is 0 Å². The number of amides is 1. The minimum Gasteiger partial charge on any atom is -0.397 e. The molecule has 0 aliphatic rings. The van der Waals surface area contributed by atoms with E-state index in [1.54, 1.807) is 4.68 Å². The predicted molar refractivity (Wildman–Crippen MR) is 84.7 cm³/mol. The number of anilines is 1. The molecular formula is C14H16Cl2N4O. The van der Waals surface area contributed by atoms with Gasteiger partial charge in [0, 0.05) is 30.4 Å². The van der Waals surface area contributed by atoms with Crippen molar-refractivity contribution in [2.45, 2.75) is 20.4 Å². The lowest BCUT2D eigenvalue weighted by molar-refractivity contribution is 0.0951. The lowest BCUT2D eigenvalue weighted by Gasteiger charge is -2.08. The molecule has 1 amide bonds. The van der Waals surface area contributed by atoms with Crippen LogP contribution in [0.2, 0.25) is 10.0 Å². The van der Waals surface area contributed by atoms with E-state index in [4.69, 9.17) is 28.9 Å². The first kappa shape index (κ1) is 15.7. The Labute approximate surface area is 133 Å². The van der Waals surface area contributed by atoms with Crippen molar-refractivity contribution >= 4 is 34.8 Å². The van der Waals surface area contributed by atoms with Crippen molar-refractivity contribution in [3.63, 3.8) is 0 Å². The standard InChI is InChI=1S/C14H16Cl2N4O/c1-7-10(8(2)20(3)19-7)6-18-14(21)9-4-11(15)13(16)12(17)5-9/h4-5H,6,17H2,1-3H3,(H,18,21). The van der Waals surface area contributed by atoms with E-state index in [1.165, 1.54) is 12.1 Å². The second-order valence-corrected chi connectivity index (χ2v) is 5.60. The van der Waals surface area contributed by atoms with Crippen molar-refractivity contribution in [3.8, 4) is 0 Å². The molecule has 1 aromatic heterocycles. The van der Waals surface area contributed by atoms with Crippen LogP contribution in [0, 0.1) is 13.8 Å². The van der Waals surface area contributed by atoms with Crippen LogP contribution in [0.25, 0.3) is 0 Å². The summed E-state index contributed by atoms with van der Waals surface area (Å²) in [5.41, 5.74) is 9.27. The molecule has 0 spiro atoms. The third kappa shape index (κ3) is 3.14. The van der Waals surface area contributed by atoms with E-state index >= 15 is 0 Å². The third-order valence-corrected chi connectivity index (χ3v) is 4.22. The Kier molecular flexibility index (Phi) is 4.44. The van der Waals surface area contributed by atoms with Crippen molar-refractivity contribution in [2.24, 2.45) is 7.05 Å². The van der Waals surface area contributed by atoms with E-state index < -0.39 is 0 Å². The fourth-order valence-corrected chi connectivity index (χ4v) is 2.42. The number of aryl methyl sites for hydroxylation is 2. The number of nitrogen functional groups attached to an aromatic ring is 1. The first-order valence-electron chi connectivity index (χ1n) is 6.33. The largest absolute Gasteiger partial charge is 0.397 e. The van der Waals surface area contributed by atoms with Gasteiger partial charge in [-0.1, -0.05) is 23.2 Å². The average Bonchev–Trinajstić information content (AvgIpc) is 2.66. The summed E-state index contributed by atoms with van der Waals surface area (Å²) in [6, 6.07) is 3.01. The fourth-order valence-electron chi connectivity index (χ4n) is 2.09. The van der Waals surface area contributed by atoms with Gasteiger partial charge in [0.15, 0.2) is 0 Å². The summed E-state index contributed by atoms with van der Waals surface area (Å²) in [5.74, 6) is -0.261. The van der Waals surface area contributed by atoms with Crippen LogP contribution < -0.4 is 11.1 Å². The molecule has 7 heteroatoms. The molecule has 2 aromatic rings. The summed E-state index contributed by atoms with van der Waals surface area (Å²) in [6.07, 6.45) is 0. The number of nitrogens with zero attached hydrogens (tertiary/aromatic N) is 2. The molecule has 0 fully saturated rings. The molecule has 0 unspecified atom stereocenters. The number of carbonyl (C=O) groups is 1. The fraction of sp³-hybridized carbons (Fsp3) is 0.286. The highest BCUT2D eigenvalue weighted by Gasteiger charge is 2.14. The van der Waals surface area contributed by atoms with Crippen molar-refractivity contribution in [1.29, 1.82) is 0 Å². The topological polar surface area (TPSA) is 72.9 Å². The van der Waals surface area contributed by atoms with Crippen LogP contribution in [0.3, 0.4) is 0 Å². The van der Waals surface area contributed by atoms with Crippen molar-refractivity contribution < 1.29 is 4.79 Å². The Morgan fingerprint density at radius 2 is 2.05 bits per heavy atom. The molecular weight excluding hydrogens is 311 g/mol. The molecule has 1 aromatic carbocycles. The van der Waals surface area contributed by atoms with E-state index in [0.717, 1.165) is 17.0 Å². The van der Waals surface area contributed by atoms with E-state index in [2.05, 4.69) is 10.4 Å². The van der Waals surface area contributed by atoms with Gasteiger partial charge in [0.2, 0.25) is 0 Å². The number of aromatic nitrogens is 2. The van der Waals surface area contributed by atoms with Gasteiger partial charge >= 0.3 is 0 Å². The normalized spacial score (nSPS) is 10.7. The number of benzene rings is 1. The highest BCUT2D eigenvalue weighted by molar-refractivity contribution is 6.43. The Bertz CT molecular complexity index is 686. The average molecular weight is 327 g/mol. The van der Waals surface area contributed by atoms with Crippen LogP contribution in [-0.2, 0) is 13.6 Å². The van der Waals surface area contributed by atoms with Crippen LogP contribution in [0.15, 0.2) is 12.1 Å². The van der Waals surface area contributed by atoms with Crippen LogP contribution in [0.5, 0.6) is 0 Å². The van der Waals surface area contributed by atoms with Gasteiger partial charge in [-0.3, -0.25) is 9.48 Å². The predicted octanol–water partition coefficient (Wildman–Crippen LogP) is 2.86. The van der Waals surface area contributed by atoms with E-state index in [9.17, 15) is 4.79 Å². The number of nitrogens with two attached hydrogens (primary N) is 1. The molecule has 0 atom stereocenters. The summed E-state index contributed by atoms with van der Waals surface area (Å²) < 4.78 is 1.79. The number of nitrogens with one attached hydrogen (secondary N) is 1. The minimum absolute atomic E-state index is 0.257. The zero-order valence-electron chi connectivity index (χ0n) is 12.0. The zero-order valence-corrected chi connectivity index (χ0v) is 13.5. The highest BCUT2D eigenvalue weighted by Crippen LogP contribution is 2.29. The molecule has 21 heavy (non-hydrogen) atoms. The third-order valence-electron chi connectivity index (χ3n) is 3.40. The first-order chi connectivity index (χ1) is 9.81. The number of carbonyl (C=O) groups excluding carboxylic acids is 1. The van der Waals surface area contributed by atoms with Crippen molar-refractivity contribution in [2.75, 3.05) is 5.73 Å². The molecule has 0 aliphatic carbocycles. The Balaban J connectivity index is 2.16. The smallest absolute Gasteiger partial charge is 0.251 e. The first-order valence-corrected chi connectivity index (χ1v) is 7.08. The molecule has 3 N–H and O–H groups in total. The summed E-state index contributed by atoms with van der Waals surface area (Å²) in [7, 11) is 1.87. The van der Waals surface area contributed by atoms with E-state index in [-0.39, 0.29) is 21.6 Å². The van der Waals surface area contributed by atoms with Crippen molar-refractivity contribution in [3.05, 3.63) is 44.7 Å².